The van der Waals surface area contributed by atoms with Crippen molar-refractivity contribution in [1.82, 2.24) is 15.5 Å². The summed E-state index contributed by atoms with van der Waals surface area (Å²) in [5, 5.41) is 16.1. The van der Waals surface area contributed by atoms with Crippen molar-refractivity contribution in [3.63, 3.8) is 0 Å². The molecule has 0 radical (unpaired) electrons. The fourth-order valence-corrected chi connectivity index (χ4v) is 5.35. The molecule has 0 spiro atoms. The molecule has 1 aliphatic rings. The summed E-state index contributed by atoms with van der Waals surface area (Å²) >= 11 is 11.9. The maximum atomic E-state index is 13.3. The number of alkyl carbamates (subject to hydrolysis) is 1. The number of benzene rings is 2. The molecule has 2 atom stereocenters. The standard InChI is InChI=1S/C31H39Cl2N3O6/c1-36(17-16-21-10-12-24(32)13-11-21)28(37)15-14-26(30(39)40)34-29(38)27(19-22-6-3-2-4-7-22)35-31(41)42-20-23-8-5-9-25(33)18-23/h5,8-13,18,22,26-27H,2-4,6-7,14-17,19-20H2,1H3,(H,34,38)(H,35,41)(H,39,40). The zero-order valence-electron chi connectivity index (χ0n) is 23.8. The molecule has 2 aromatic rings. The summed E-state index contributed by atoms with van der Waals surface area (Å²) in [7, 11) is 1.66. The molecule has 0 bridgehead atoms. The number of halogens is 2. The van der Waals surface area contributed by atoms with E-state index >= 15 is 0 Å². The minimum Gasteiger partial charge on any atom is -0.480 e. The molecule has 228 valence electrons. The van der Waals surface area contributed by atoms with E-state index in [1.165, 1.54) is 0 Å². The van der Waals surface area contributed by atoms with Crippen LogP contribution >= 0.6 is 23.2 Å². The lowest BCUT2D eigenvalue weighted by Gasteiger charge is -2.27. The number of hydrogen-bond acceptors (Lipinski definition) is 5. The predicted octanol–water partition coefficient (Wildman–Crippen LogP) is 5.61. The molecule has 1 fully saturated rings. The lowest BCUT2D eigenvalue weighted by Crippen LogP contribution is -2.52. The first kappa shape index (κ1) is 33.2. The summed E-state index contributed by atoms with van der Waals surface area (Å²) in [6.45, 7) is 0.421. The summed E-state index contributed by atoms with van der Waals surface area (Å²) in [5.41, 5.74) is 1.72. The number of carboxylic acids is 1. The second-order valence-electron chi connectivity index (χ2n) is 10.8. The maximum absolute atomic E-state index is 13.3. The summed E-state index contributed by atoms with van der Waals surface area (Å²) in [5.74, 6) is -1.87. The highest BCUT2D eigenvalue weighted by Crippen LogP contribution is 2.27. The third-order valence-corrected chi connectivity index (χ3v) is 7.98. The fourth-order valence-electron chi connectivity index (χ4n) is 5.01. The summed E-state index contributed by atoms with van der Waals surface area (Å²) in [4.78, 5) is 52.2. The van der Waals surface area contributed by atoms with Crippen molar-refractivity contribution >= 4 is 47.1 Å². The normalized spacial score (nSPS) is 14.8. The van der Waals surface area contributed by atoms with E-state index in [1.54, 1.807) is 48.3 Å². The number of ether oxygens (including phenoxy) is 1. The van der Waals surface area contributed by atoms with E-state index in [2.05, 4.69) is 10.6 Å². The van der Waals surface area contributed by atoms with Gasteiger partial charge in [-0.05, 0) is 60.6 Å². The van der Waals surface area contributed by atoms with Gasteiger partial charge in [0.1, 0.15) is 18.7 Å². The van der Waals surface area contributed by atoms with Gasteiger partial charge >= 0.3 is 12.1 Å². The molecule has 1 aliphatic carbocycles. The number of nitrogens with zero attached hydrogens (tertiary/aromatic N) is 1. The Bertz CT molecular complexity index is 1200. The van der Waals surface area contributed by atoms with Crippen LogP contribution in [-0.2, 0) is 32.1 Å². The SMILES string of the molecule is CN(CCc1ccc(Cl)cc1)C(=O)CCC(NC(=O)C(CC1CCCCC1)NC(=O)OCc1cccc(Cl)c1)C(=O)O. The van der Waals surface area contributed by atoms with E-state index in [9.17, 15) is 24.3 Å². The highest BCUT2D eigenvalue weighted by Gasteiger charge is 2.30. The van der Waals surface area contributed by atoms with Gasteiger partial charge in [0.05, 0.1) is 0 Å². The summed E-state index contributed by atoms with van der Waals surface area (Å²) in [6, 6.07) is 12.0. The van der Waals surface area contributed by atoms with E-state index < -0.39 is 30.1 Å². The molecule has 0 saturated heterocycles. The van der Waals surface area contributed by atoms with Crippen molar-refractivity contribution in [2.45, 2.75) is 76.5 Å². The average Bonchev–Trinajstić information content (AvgIpc) is 2.97. The van der Waals surface area contributed by atoms with E-state index in [1.807, 2.05) is 12.1 Å². The topological polar surface area (TPSA) is 125 Å². The Labute approximate surface area is 256 Å². The van der Waals surface area contributed by atoms with Gasteiger partial charge in [-0.2, -0.15) is 0 Å². The first-order chi connectivity index (χ1) is 20.1. The molecular formula is C31H39Cl2N3O6. The molecule has 2 unspecified atom stereocenters. The number of rotatable bonds is 14. The van der Waals surface area contributed by atoms with Crippen molar-refractivity contribution in [2.24, 2.45) is 5.92 Å². The van der Waals surface area contributed by atoms with Crippen LogP contribution in [-0.4, -0.2) is 59.6 Å². The Balaban J connectivity index is 1.55. The molecule has 2 aromatic carbocycles. The average molecular weight is 621 g/mol. The van der Waals surface area contributed by atoms with E-state index in [0.29, 0.717) is 35.0 Å². The number of nitrogens with one attached hydrogen (secondary N) is 2. The Morgan fingerprint density at radius 1 is 0.952 bits per heavy atom. The Hall–Kier alpha value is -3.30. The van der Waals surface area contributed by atoms with Gasteiger partial charge in [0.2, 0.25) is 11.8 Å². The molecule has 3 N–H and O–H groups in total. The van der Waals surface area contributed by atoms with Crippen LogP contribution in [0.15, 0.2) is 48.5 Å². The third kappa shape index (κ3) is 11.5. The number of amides is 3. The Kier molecular flexibility index (Phi) is 13.4. The highest BCUT2D eigenvalue weighted by molar-refractivity contribution is 6.30. The minimum atomic E-state index is -1.29. The molecule has 3 rings (SSSR count). The van der Waals surface area contributed by atoms with Gasteiger partial charge in [0.15, 0.2) is 0 Å². The van der Waals surface area contributed by atoms with Gasteiger partial charge < -0.3 is 25.4 Å². The maximum Gasteiger partial charge on any atom is 0.408 e. The van der Waals surface area contributed by atoms with Crippen molar-refractivity contribution in [3.05, 3.63) is 69.7 Å². The molecule has 0 aromatic heterocycles. The number of aliphatic carboxylic acids is 1. The minimum absolute atomic E-state index is 0.0322. The molecule has 9 nitrogen and oxygen atoms in total. The van der Waals surface area contributed by atoms with Crippen molar-refractivity contribution in [1.29, 1.82) is 0 Å². The largest absolute Gasteiger partial charge is 0.480 e. The van der Waals surface area contributed by atoms with Gasteiger partial charge in [-0.15, -0.1) is 0 Å². The van der Waals surface area contributed by atoms with Gasteiger partial charge in [-0.1, -0.05) is 79.6 Å². The molecule has 3 amide bonds. The summed E-state index contributed by atoms with van der Waals surface area (Å²) < 4.78 is 5.31. The smallest absolute Gasteiger partial charge is 0.408 e. The number of carbonyl (C=O) groups is 4. The Morgan fingerprint density at radius 2 is 1.67 bits per heavy atom. The van der Waals surface area contributed by atoms with Crippen LogP contribution in [0.5, 0.6) is 0 Å². The molecule has 42 heavy (non-hydrogen) atoms. The molecule has 11 heteroatoms. The number of carboxylic acid groups (broad SMARTS) is 1. The lowest BCUT2D eigenvalue weighted by atomic mass is 9.84. The van der Waals surface area contributed by atoms with E-state index in [0.717, 1.165) is 37.7 Å². The van der Waals surface area contributed by atoms with Crippen LogP contribution in [0, 0.1) is 5.92 Å². The van der Waals surface area contributed by atoms with E-state index in [4.69, 9.17) is 27.9 Å². The fraction of sp³-hybridized carbons (Fsp3) is 0.484. The Morgan fingerprint density at radius 3 is 2.33 bits per heavy atom. The highest BCUT2D eigenvalue weighted by atomic mass is 35.5. The first-order valence-corrected chi connectivity index (χ1v) is 15.1. The number of likely N-dealkylation sites (N-methyl/N-ethyl adjacent to an activating group) is 1. The van der Waals surface area contributed by atoms with Gasteiger partial charge in [0, 0.05) is 30.1 Å². The third-order valence-electron chi connectivity index (χ3n) is 7.50. The summed E-state index contributed by atoms with van der Waals surface area (Å²) in [6.07, 6.45) is 5.16. The monoisotopic (exact) mass is 619 g/mol. The first-order valence-electron chi connectivity index (χ1n) is 14.3. The van der Waals surface area contributed by atoms with Crippen molar-refractivity contribution < 1.29 is 29.0 Å². The molecule has 0 heterocycles. The van der Waals surface area contributed by atoms with Crippen LogP contribution in [0.3, 0.4) is 0 Å². The van der Waals surface area contributed by atoms with E-state index in [-0.39, 0.29) is 31.3 Å². The molecule has 1 saturated carbocycles. The van der Waals surface area contributed by atoms with Crippen LogP contribution in [0.2, 0.25) is 10.0 Å². The number of hydrogen-bond donors (Lipinski definition) is 3. The molecule has 0 aliphatic heterocycles. The zero-order chi connectivity index (χ0) is 30.5. The van der Waals surface area contributed by atoms with Crippen molar-refractivity contribution in [2.75, 3.05) is 13.6 Å². The van der Waals surface area contributed by atoms with Gasteiger partial charge in [-0.25, -0.2) is 9.59 Å². The number of carbonyl (C=O) groups excluding carboxylic acids is 3. The second kappa shape index (κ2) is 17.0. The van der Waals surface area contributed by atoms with Crippen molar-refractivity contribution in [3.8, 4) is 0 Å². The van der Waals surface area contributed by atoms with Gasteiger partial charge in [0.25, 0.3) is 0 Å². The van der Waals surface area contributed by atoms with Crippen LogP contribution in [0.25, 0.3) is 0 Å². The van der Waals surface area contributed by atoms with Crippen LogP contribution in [0.4, 0.5) is 4.79 Å². The quantitative estimate of drug-likeness (QED) is 0.252. The predicted molar refractivity (Wildman–Crippen MR) is 161 cm³/mol. The second-order valence-corrected chi connectivity index (χ2v) is 11.6. The molecular weight excluding hydrogens is 581 g/mol. The lowest BCUT2D eigenvalue weighted by molar-refractivity contribution is -0.142. The zero-order valence-corrected chi connectivity index (χ0v) is 25.3. The van der Waals surface area contributed by atoms with Crippen LogP contribution in [0.1, 0.15) is 62.5 Å². The van der Waals surface area contributed by atoms with Crippen LogP contribution < -0.4 is 10.6 Å². The van der Waals surface area contributed by atoms with Gasteiger partial charge in [-0.3, -0.25) is 9.59 Å².